The zero-order valence-corrected chi connectivity index (χ0v) is 14.7. The SMILES string of the molecule is Cc1cccc(NC(=O)c2c(C)c3nccc(=O)n3n2-c2ccncc2)n1. The second-order valence-corrected chi connectivity index (χ2v) is 6.03. The lowest BCUT2D eigenvalue weighted by Crippen LogP contribution is -2.24. The Morgan fingerprint density at radius 2 is 1.81 bits per heavy atom. The van der Waals surface area contributed by atoms with Crippen LogP contribution in [0.15, 0.2) is 59.8 Å². The lowest BCUT2D eigenvalue weighted by Gasteiger charge is -2.11. The molecule has 0 aliphatic carbocycles. The number of carbonyl (C=O) groups is 1. The first-order valence-corrected chi connectivity index (χ1v) is 8.31. The summed E-state index contributed by atoms with van der Waals surface area (Å²) in [5, 5.41) is 2.80. The topological polar surface area (TPSA) is 94.2 Å². The number of amides is 1. The molecular formula is C19H16N6O2. The summed E-state index contributed by atoms with van der Waals surface area (Å²) >= 11 is 0. The van der Waals surface area contributed by atoms with Gasteiger partial charge in [-0.15, -0.1) is 0 Å². The van der Waals surface area contributed by atoms with Gasteiger partial charge < -0.3 is 5.32 Å². The second-order valence-electron chi connectivity index (χ2n) is 6.03. The normalized spacial score (nSPS) is 10.9. The predicted octanol–water partition coefficient (Wildman–Crippen LogP) is 2.14. The number of aryl methyl sites for hydroxylation is 2. The maximum absolute atomic E-state index is 13.1. The van der Waals surface area contributed by atoms with Crippen molar-refractivity contribution in [2.45, 2.75) is 13.8 Å². The molecule has 0 spiro atoms. The Morgan fingerprint density at radius 1 is 1.04 bits per heavy atom. The van der Waals surface area contributed by atoms with Crippen LogP contribution in [-0.4, -0.2) is 30.1 Å². The van der Waals surface area contributed by atoms with E-state index < -0.39 is 0 Å². The van der Waals surface area contributed by atoms with E-state index in [4.69, 9.17) is 0 Å². The smallest absolute Gasteiger partial charge is 0.275 e. The second kappa shape index (κ2) is 6.49. The predicted molar refractivity (Wildman–Crippen MR) is 100 cm³/mol. The summed E-state index contributed by atoms with van der Waals surface area (Å²) in [7, 11) is 0. The van der Waals surface area contributed by atoms with E-state index in [9.17, 15) is 9.59 Å². The van der Waals surface area contributed by atoms with Crippen LogP contribution in [0.5, 0.6) is 0 Å². The molecule has 8 heteroatoms. The number of aromatic nitrogens is 5. The van der Waals surface area contributed by atoms with Gasteiger partial charge in [0, 0.05) is 35.9 Å². The van der Waals surface area contributed by atoms with Gasteiger partial charge in [0.05, 0.1) is 5.69 Å². The van der Waals surface area contributed by atoms with Crippen LogP contribution in [0.1, 0.15) is 21.7 Å². The van der Waals surface area contributed by atoms with Gasteiger partial charge in [0.2, 0.25) is 0 Å². The van der Waals surface area contributed by atoms with Crippen LogP contribution in [0.3, 0.4) is 0 Å². The zero-order chi connectivity index (χ0) is 19.0. The van der Waals surface area contributed by atoms with Crippen molar-refractivity contribution >= 4 is 17.4 Å². The number of nitrogens with one attached hydrogen (secondary N) is 1. The fourth-order valence-corrected chi connectivity index (χ4v) is 3.00. The van der Waals surface area contributed by atoms with Crippen LogP contribution in [0.2, 0.25) is 0 Å². The highest BCUT2D eigenvalue weighted by Gasteiger charge is 2.23. The van der Waals surface area contributed by atoms with E-state index in [-0.39, 0.29) is 11.5 Å². The van der Waals surface area contributed by atoms with Crippen molar-refractivity contribution in [3.05, 3.63) is 82.3 Å². The maximum atomic E-state index is 13.1. The summed E-state index contributed by atoms with van der Waals surface area (Å²) in [6, 6.07) is 10.2. The highest BCUT2D eigenvalue weighted by molar-refractivity contribution is 6.05. The molecule has 27 heavy (non-hydrogen) atoms. The minimum atomic E-state index is -0.382. The van der Waals surface area contributed by atoms with Crippen LogP contribution in [0.25, 0.3) is 11.3 Å². The molecule has 0 aromatic carbocycles. The molecule has 1 N–H and O–H groups in total. The molecule has 4 aromatic rings. The van der Waals surface area contributed by atoms with Gasteiger partial charge in [0.1, 0.15) is 11.5 Å². The lowest BCUT2D eigenvalue weighted by molar-refractivity contribution is 0.101. The summed E-state index contributed by atoms with van der Waals surface area (Å²) < 4.78 is 2.93. The van der Waals surface area contributed by atoms with Gasteiger partial charge in [-0.3, -0.25) is 14.6 Å². The van der Waals surface area contributed by atoms with Crippen molar-refractivity contribution in [1.29, 1.82) is 0 Å². The fourth-order valence-electron chi connectivity index (χ4n) is 3.00. The van der Waals surface area contributed by atoms with E-state index >= 15 is 0 Å². The zero-order valence-electron chi connectivity index (χ0n) is 14.7. The van der Waals surface area contributed by atoms with Crippen molar-refractivity contribution in [3.8, 4) is 5.69 Å². The van der Waals surface area contributed by atoms with Crippen LogP contribution < -0.4 is 10.9 Å². The minimum Gasteiger partial charge on any atom is -0.305 e. The van der Waals surface area contributed by atoms with E-state index in [0.717, 1.165) is 5.69 Å². The van der Waals surface area contributed by atoms with E-state index in [0.29, 0.717) is 28.4 Å². The molecule has 0 aliphatic rings. The molecule has 0 unspecified atom stereocenters. The molecule has 0 aliphatic heterocycles. The molecule has 0 bridgehead atoms. The Labute approximate surface area is 154 Å². The summed E-state index contributed by atoms with van der Waals surface area (Å²) in [5.74, 6) is 0.0542. The Hall–Kier alpha value is -3.81. The van der Waals surface area contributed by atoms with Gasteiger partial charge in [-0.2, -0.15) is 4.52 Å². The average Bonchev–Trinajstić information content (AvgIpc) is 2.97. The average molecular weight is 360 g/mol. The highest BCUT2D eigenvalue weighted by atomic mass is 16.2. The fraction of sp³-hybridized carbons (Fsp3) is 0.105. The summed E-state index contributed by atoms with van der Waals surface area (Å²) in [6.07, 6.45) is 4.63. The van der Waals surface area contributed by atoms with Crippen LogP contribution >= 0.6 is 0 Å². The Morgan fingerprint density at radius 3 is 2.56 bits per heavy atom. The van der Waals surface area contributed by atoms with Crippen molar-refractivity contribution < 1.29 is 4.79 Å². The van der Waals surface area contributed by atoms with Crippen molar-refractivity contribution in [3.63, 3.8) is 0 Å². The van der Waals surface area contributed by atoms with Gasteiger partial charge in [-0.05, 0) is 38.1 Å². The Kier molecular flexibility index (Phi) is 4.00. The summed E-state index contributed by atoms with van der Waals surface area (Å²) in [6.45, 7) is 3.61. The first-order chi connectivity index (χ1) is 13.1. The number of fused-ring (bicyclic) bond motifs is 1. The highest BCUT2D eigenvalue weighted by Crippen LogP contribution is 2.20. The number of pyridine rings is 2. The molecule has 8 nitrogen and oxygen atoms in total. The molecule has 4 rings (SSSR count). The molecule has 134 valence electrons. The summed E-state index contributed by atoms with van der Waals surface area (Å²) in [4.78, 5) is 38.2. The number of hydrogen-bond donors (Lipinski definition) is 1. The van der Waals surface area contributed by atoms with E-state index in [1.54, 1.807) is 42.2 Å². The molecule has 1 amide bonds. The molecule has 0 fully saturated rings. The number of anilines is 1. The first kappa shape index (κ1) is 16.6. The molecule has 4 aromatic heterocycles. The number of hydrogen-bond acceptors (Lipinski definition) is 5. The van der Waals surface area contributed by atoms with Crippen molar-refractivity contribution in [2.24, 2.45) is 0 Å². The lowest BCUT2D eigenvalue weighted by atomic mass is 10.2. The van der Waals surface area contributed by atoms with Gasteiger partial charge in [-0.25, -0.2) is 14.6 Å². The van der Waals surface area contributed by atoms with E-state index in [1.807, 2.05) is 19.1 Å². The van der Waals surface area contributed by atoms with Crippen LogP contribution in [0, 0.1) is 13.8 Å². The van der Waals surface area contributed by atoms with Crippen molar-refractivity contribution in [2.75, 3.05) is 5.32 Å². The third-order valence-electron chi connectivity index (χ3n) is 4.18. The monoisotopic (exact) mass is 360 g/mol. The van der Waals surface area contributed by atoms with E-state index in [2.05, 4.69) is 20.3 Å². The van der Waals surface area contributed by atoms with E-state index in [1.165, 1.54) is 16.8 Å². The van der Waals surface area contributed by atoms with Crippen LogP contribution in [-0.2, 0) is 0 Å². The van der Waals surface area contributed by atoms with Gasteiger partial charge in [0.15, 0.2) is 5.65 Å². The van der Waals surface area contributed by atoms with Gasteiger partial charge >= 0.3 is 0 Å². The quantitative estimate of drug-likeness (QED) is 0.604. The number of carbonyl (C=O) groups excluding carboxylic acids is 1. The van der Waals surface area contributed by atoms with Crippen molar-refractivity contribution in [1.82, 2.24) is 24.1 Å². The third-order valence-corrected chi connectivity index (χ3v) is 4.18. The van der Waals surface area contributed by atoms with Crippen LogP contribution in [0.4, 0.5) is 5.82 Å². The molecule has 0 atom stereocenters. The number of rotatable bonds is 3. The molecule has 4 heterocycles. The molecule has 0 radical (unpaired) electrons. The largest absolute Gasteiger partial charge is 0.305 e. The molecule has 0 saturated heterocycles. The molecular weight excluding hydrogens is 344 g/mol. The first-order valence-electron chi connectivity index (χ1n) is 8.31. The third kappa shape index (κ3) is 2.86. The molecule has 0 saturated carbocycles. The van der Waals surface area contributed by atoms with Gasteiger partial charge in [-0.1, -0.05) is 6.07 Å². The standard InChI is InChI=1S/C19H16N6O2/c1-12-4-3-5-15(22-12)23-19(27)17-13(2)18-21-11-8-16(26)25(18)24(17)14-6-9-20-10-7-14/h3-11H,1-2H3,(H,22,23,27). The minimum absolute atomic E-state index is 0.285. The van der Waals surface area contributed by atoms with Gasteiger partial charge in [0.25, 0.3) is 11.5 Å². The number of nitrogens with zero attached hydrogens (tertiary/aromatic N) is 5. The Bertz CT molecular complexity index is 1210. The summed E-state index contributed by atoms with van der Waals surface area (Å²) in [5.41, 5.74) is 2.45. The Balaban J connectivity index is 1.94. The maximum Gasteiger partial charge on any atom is 0.275 e.